The highest BCUT2D eigenvalue weighted by molar-refractivity contribution is 8.18. The maximum Gasteiger partial charge on any atom is 0.416 e. The lowest BCUT2D eigenvalue weighted by Gasteiger charge is -2.39. The third kappa shape index (κ3) is 4.52. The topological polar surface area (TPSA) is 58.4 Å². The molecule has 3 aromatic rings. The van der Waals surface area contributed by atoms with Gasteiger partial charge in [0.2, 0.25) is 0 Å². The minimum absolute atomic E-state index is 0.0173. The number of fused-ring (bicyclic) bond motifs is 3. The van der Waals surface area contributed by atoms with Gasteiger partial charge in [0, 0.05) is 28.5 Å². The van der Waals surface area contributed by atoms with E-state index in [0.29, 0.717) is 33.5 Å². The van der Waals surface area contributed by atoms with Crippen LogP contribution >= 0.6 is 23.4 Å². The molecule has 3 aliphatic rings. The van der Waals surface area contributed by atoms with Crippen molar-refractivity contribution < 1.29 is 22.8 Å². The SMILES string of the molecule is CN1C2CCC1CC(N1C(=O)S/C(=C\c3ccc4c(cnn4Cc4ccc(Cl)cc4C(F)(F)F)c3)C1=O)C2. The molecule has 6 nitrogen and oxygen atoms in total. The van der Waals surface area contributed by atoms with E-state index >= 15 is 0 Å². The zero-order valence-corrected chi connectivity index (χ0v) is 22.0. The van der Waals surface area contributed by atoms with Gasteiger partial charge in [-0.3, -0.25) is 19.2 Å². The number of carbonyl (C=O) groups is 2. The molecular weight excluding hydrogens is 537 g/mol. The van der Waals surface area contributed by atoms with E-state index in [2.05, 4.69) is 17.0 Å². The second-order valence-electron chi connectivity index (χ2n) is 10.1. The Hall–Kier alpha value is -2.82. The van der Waals surface area contributed by atoms with E-state index in [4.69, 9.17) is 11.6 Å². The average molecular weight is 561 g/mol. The van der Waals surface area contributed by atoms with Gasteiger partial charge in [-0.2, -0.15) is 18.3 Å². The molecule has 3 fully saturated rings. The van der Waals surface area contributed by atoms with E-state index in [1.54, 1.807) is 24.4 Å². The number of nitrogens with zero attached hydrogens (tertiary/aromatic N) is 4. The molecule has 0 aliphatic carbocycles. The lowest BCUT2D eigenvalue weighted by Crippen LogP contribution is -2.50. The van der Waals surface area contributed by atoms with Crippen LogP contribution in [0.5, 0.6) is 0 Å². The molecular formula is C27H24ClF3N4O2S. The van der Waals surface area contributed by atoms with Crippen molar-refractivity contribution in [1.82, 2.24) is 19.6 Å². The largest absolute Gasteiger partial charge is 0.416 e. The maximum atomic E-state index is 13.5. The number of carbonyl (C=O) groups excluding carboxylic acids is 2. The first kappa shape index (κ1) is 25.5. The number of hydrogen-bond donors (Lipinski definition) is 0. The van der Waals surface area contributed by atoms with Crippen molar-refractivity contribution in [1.29, 1.82) is 0 Å². The fourth-order valence-corrected chi connectivity index (χ4v) is 7.04. The van der Waals surface area contributed by atoms with Crippen molar-refractivity contribution in [2.45, 2.75) is 56.5 Å². The lowest BCUT2D eigenvalue weighted by atomic mass is 9.96. The van der Waals surface area contributed by atoms with Crippen molar-refractivity contribution in [2.75, 3.05) is 7.05 Å². The van der Waals surface area contributed by atoms with Crippen LogP contribution in [0, 0.1) is 0 Å². The van der Waals surface area contributed by atoms with Crippen LogP contribution in [0.25, 0.3) is 17.0 Å². The summed E-state index contributed by atoms with van der Waals surface area (Å²) in [6.07, 6.45) is 2.58. The van der Waals surface area contributed by atoms with E-state index < -0.39 is 11.7 Å². The summed E-state index contributed by atoms with van der Waals surface area (Å²) in [5, 5.41) is 4.80. The van der Waals surface area contributed by atoms with Crippen LogP contribution < -0.4 is 0 Å². The van der Waals surface area contributed by atoms with Crippen LogP contribution in [-0.2, 0) is 17.5 Å². The first-order valence-corrected chi connectivity index (χ1v) is 13.6. The second-order valence-corrected chi connectivity index (χ2v) is 11.6. The van der Waals surface area contributed by atoms with Gasteiger partial charge in [-0.05, 0) is 86.0 Å². The van der Waals surface area contributed by atoms with Crippen LogP contribution in [-0.4, -0.2) is 55.9 Å². The zero-order valence-electron chi connectivity index (χ0n) is 20.4. The molecule has 2 aromatic carbocycles. The first-order chi connectivity index (χ1) is 18.1. The number of amides is 2. The third-order valence-corrected chi connectivity index (χ3v) is 9.04. The highest BCUT2D eigenvalue weighted by atomic mass is 35.5. The number of hydrogen-bond acceptors (Lipinski definition) is 5. The molecule has 0 saturated carbocycles. The molecule has 2 bridgehead atoms. The molecule has 6 rings (SSSR count). The van der Waals surface area contributed by atoms with Gasteiger partial charge in [0.1, 0.15) is 0 Å². The fraction of sp³-hybridized carbons (Fsp3) is 0.370. The van der Waals surface area contributed by atoms with Gasteiger partial charge in [-0.25, -0.2) is 0 Å². The Balaban J connectivity index is 1.23. The van der Waals surface area contributed by atoms with Gasteiger partial charge in [0.05, 0.1) is 28.7 Å². The van der Waals surface area contributed by atoms with E-state index in [1.807, 2.05) is 6.07 Å². The smallest absolute Gasteiger partial charge is 0.300 e. The predicted molar refractivity (Wildman–Crippen MR) is 141 cm³/mol. The van der Waals surface area contributed by atoms with E-state index in [9.17, 15) is 22.8 Å². The van der Waals surface area contributed by atoms with Gasteiger partial charge in [-0.15, -0.1) is 0 Å². The molecule has 0 radical (unpaired) electrons. The van der Waals surface area contributed by atoms with Crippen LogP contribution in [0.3, 0.4) is 0 Å². The summed E-state index contributed by atoms with van der Waals surface area (Å²) in [6.45, 7) is -0.0771. The summed E-state index contributed by atoms with van der Waals surface area (Å²) in [6, 6.07) is 9.81. The summed E-state index contributed by atoms with van der Waals surface area (Å²) >= 11 is 6.76. The third-order valence-electron chi connectivity index (χ3n) is 7.92. The summed E-state index contributed by atoms with van der Waals surface area (Å²) in [5.41, 5.74) is 0.638. The number of piperidine rings is 1. The van der Waals surface area contributed by atoms with Crippen LogP contribution in [0.15, 0.2) is 47.5 Å². The number of halogens is 4. The lowest BCUT2D eigenvalue weighted by molar-refractivity contribution is -0.138. The Morgan fingerprint density at radius 2 is 1.82 bits per heavy atom. The Bertz CT molecular complexity index is 1470. The quantitative estimate of drug-likeness (QED) is 0.345. The van der Waals surface area contributed by atoms with Crippen molar-refractivity contribution in [2.24, 2.45) is 0 Å². The molecule has 2 unspecified atom stereocenters. The summed E-state index contributed by atoms with van der Waals surface area (Å²) in [7, 11) is 2.12. The number of thioether (sulfide) groups is 1. The molecule has 0 spiro atoms. The van der Waals surface area contributed by atoms with Crippen molar-refractivity contribution in [3.63, 3.8) is 0 Å². The number of imide groups is 1. The van der Waals surface area contributed by atoms with E-state index in [-0.39, 0.29) is 34.3 Å². The van der Waals surface area contributed by atoms with Gasteiger partial charge in [0.25, 0.3) is 11.1 Å². The molecule has 1 aromatic heterocycles. The van der Waals surface area contributed by atoms with Crippen LogP contribution in [0.1, 0.15) is 42.4 Å². The highest BCUT2D eigenvalue weighted by Crippen LogP contribution is 2.41. The minimum Gasteiger partial charge on any atom is -0.300 e. The van der Waals surface area contributed by atoms with E-state index in [0.717, 1.165) is 43.5 Å². The Morgan fingerprint density at radius 1 is 1.08 bits per heavy atom. The predicted octanol–water partition coefficient (Wildman–Crippen LogP) is 6.42. The van der Waals surface area contributed by atoms with Crippen molar-refractivity contribution >= 4 is 51.5 Å². The van der Waals surface area contributed by atoms with Crippen molar-refractivity contribution in [3.8, 4) is 0 Å². The first-order valence-electron chi connectivity index (χ1n) is 12.4. The van der Waals surface area contributed by atoms with Crippen LogP contribution in [0.2, 0.25) is 5.02 Å². The Kier molecular flexibility index (Phi) is 6.32. The summed E-state index contributed by atoms with van der Waals surface area (Å²) in [5.74, 6) is -0.257. The van der Waals surface area contributed by atoms with Gasteiger partial charge >= 0.3 is 6.18 Å². The van der Waals surface area contributed by atoms with Gasteiger partial charge in [-0.1, -0.05) is 23.7 Å². The number of benzene rings is 2. The second kappa shape index (κ2) is 9.43. The number of rotatable bonds is 4. The Morgan fingerprint density at radius 3 is 2.53 bits per heavy atom. The molecule has 2 atom stereocenters. The van der Waals surface area contributed by atoms with Crippen LogP contribution in [0.4, 0.5) is 18.0 Å². The molecule has 0 N–H and O–H groups in total. The zero-order chi connectivity index (χ0) is 26.8. The molecule has 11 heteroatoms. The normalized spacial score (nSPS) is 25.3. The summed E-state index contributed by atoms with van der Waals surface area (Å²) in [4.78, 5) is 30.2. The fourth-order valence-electron chi connectivity index (χ4n) is 5.97. The molecule has 4 heterocycles. The number of alkyl halides is 3. The Labute approximate surface area is 226 Å². The molecule has 198 valence electrons. The number of aromatic nitrogens is 2. The minimum atomic E-state index is -4.54. The summed E-state index contributed by atoms with van der Waals surface area (Å²) < 4.78 is 42.1. The van der Waals surface area contributed by atoms with E-state index in [1.165, 1.54) is 21.7 Å². The highest BCUT2D eigenvalue weighted by Gasteiger charge is 2.46. The maximum absolute atomic E-state index is 13.5. The van der Waals surface area contributed by atoms with Crippen molar-refractivity contribution in [3.05, 3.63) is 69.2 Å². The molecule has 38 heavy (non-hydrogen) atoms. The monoisotopic (exact) mass is 560 g/mol. The average Bonchev–Trinajstić information content (AvgIpc) is 3.43. The molecule has 3 aliphatic heterocycles. The van der Waals surface area contributed by atoms with Gasteiger partial charge < -0.3 is 4.90 Å². The molecule has 3 saturated heterocycles. The standard InChI is InChI=1S/C27H24ClF3N4O2S/c1-33-19-5-6-20(33)12-21(11-19)35-25(36)24(38-26(35)37)9-15-2-7-23-17(8-15)13-32-34(23)14-16-3-4-18(28)10-22(16)27(29,30)31/h2-4,7-10,13,19-21H,5-6,11-12,14H2,1H3/b24-9-. The molecule has 2 amide bonds. The van der Waals surface area contributed by atoms with Gasteiger partial charge in [0.15, 0.2) is 0 Å².